The molecule has 0 saturated carbocycles. The van der Waals surface area contributed by atoms with E-state index in [1.165, 1.54) is 0 Å². The summed E-state index contributed by atoms with van der Waals surface area (Å²) in [4.78, 5) is 25.8. The summed E-state index contributed by atoms with van der Waals surface area (Å²) in [6.45, 7) is 3.86. The van der Waals surface area contributed by atoms with E-state index in [1.807, 2.05) is 31.2 Å². The van der Waals surface area contributed by atoms with Gasteiger partial charge >= 0.3 is 0 Å². The topological polar surface area (TPSA) is 67.9 Å². The van der Waals surface area contributed by atoms with Gasteiger partial charge in [-0.05, 0) is 31.2 Å². The van der Waals surface area contributed by atoms with E-state index < -0.39 is 0 Å². The number of anilines is 1. The average molecular weight is 306 g/mol. The lowest BCUT2D eigenvalue weighted by Crippen LogP contribution is -2.34. The first-order chi connectivity index (χ1) is 10.7. The maximum atomic E-state index is 12.1. The van der Waals surface area contributed by atoms with Gasteiger partial charge in [0.2, 0.25) is 11.8 Å². The fourth-order valence-electron chi connectivity index (χ4n) is 2.44. The molecule has 6 heteroatoms. The minimum absolute atomic E-state index is 0.0314. The Hall–Kier alpha value is -2.08. The smallest absolute Gasteiger partial charge is 0.227 e. The molecule has 1 N–H and O–H groups in total. The molecule has 22 heavy (non-hydrogen) atoms. The molecule has 0 aromatic heterocycles. The molecule has 2 rings (SSSR count). The van der Waals surface area contributed by atoms with Gasteiger partial charge in [-0.15, -0.1) is 0 Å². The van der Waals surface area contributed by atoms with Crippen molar-refractivity contribution in [2.24, 2.45) is 5.92 Å². The third kappa shape index (κ3) is 3.98. The normalized spacial score (nSPS) is 17.6. The number of benzene rings is 1. The van der Waals surface area contributed by atoms with E-state index >= 15 is 0 Å². The van der Waals surface area contributed by atoms with Crippen LogP contribution in [-0.4, -0.2) is 45.2 Å². The number of amides is 2. The Morgan fingerprint density at radius 2 is 2.09 bits per heavy atom. The lowest BCUT2D eigenvalue weighted by atomic mass is 10.1. The highest BCUT2D eigenvalue weighted by Gasteiger charge is 2.34. The number of ether oxygens (including phenoxy) is 2. The second-order valence-electron chi connectivity index (χ2n) is 5.12. The van der Waals surface area contributed by atoms with E-state index in [9.17, 15) is 9.59 Å². The molecule has 1 saturated heterocycles. The van der Waals surface area contributed by atoms with Gasteiger partial charge in [-0.1, -0.05) is 0 Å². The molecule has 0 radical (unpaired) electrons. The van der Waals surface area contributed by atoms with Crippen molar-refractivity contribution in [3.63, 3.8) is 0 Å². The number of hydrogen-bond donors (Lipinski definition) is 1. The lowest BCUT2D eigenvalue weighted by Gasteiger charge is -2.17. The largest absolute Gasteiger partial charge is 0.494 e. The zero-order valence-electron chi connectivity index (χ0n) is 13.0. The zero-order valence-corrected chi connectivity index (χ0v) is 13.0. The van der Waals surface area contributed by atoms with Crippen LogP contribution in [-0.2, 0) is 14.3 Å². The minimum Gasteiger partial charge on any atom is -0.494 e. The molecule has 1 atom stereocenters. The van der Waals surface area contributed by atoms with Gasteiger partial charge in [0.1, 0.15) is 5.75 Å². The Morgan fingerprint density at radius 3 is 2.73 bits per heavy atom. The fourth-order valence-corrected chi connectivity index (χ4v) is 2.44. The molecule has 6 nitrogen and oxygen atoms in total. The highest BCUT2D eigenvalue weighted by molar-refractivity contribution is 6.00. The standard InChI is InChI=1S/C16H22N2O4/c1-3-22-14-6-4-13(5-7-14)18-11-12(10-15(18)19)16(20)17-8-9-21-2/h4-7,12H,3,8-11H2,1-2H3,(H,17,20)/t12-/m0/s1. The summed E-state index contributed by atoms with van der Waals surface area (Å²) in [7, 11) is 1.58. The summed E-state index contributed by atoms with van der Waals surface area (Å²) in [5.74, 6) is 0.331. The second-order valence-corrected chi connectivity index (χ2v) is 5.12. The first-order valence-electron chi connectivity index (χ1n) is 7.45. The van der Waals surface area contributed by atoms with Crippen molar-refractivity contribution in [1.29, 1.82) is 0 Å². The third-order valence-electron chi connectivity index (χ3n) is 3.56. The van der Waals surface area contributed by atoms with E-state index in [0.29, 0.717) is 26.3 Å². The van der Waals surface area contributed by atoms with E-state index in [4.69, 9.17) is 9.47 Å². The van der Waals surface area contributed by atoms with Crippen LogP contribution in [0.1, 0.15) is 13.3 Å². The molecule has 1 heterocycles. The Kier molecular flexibility index (Phi) is 5.77. The van der Waals surface area contributed by atoms with Crippen molar-refractivity contribution in [2.75, 3.05) is 38.3 Å². The second kappa shape index (κ2) is 7.79. The quantitative estimate of drug-likeness (QED) is 0.769. The molecular weight excluding hydrogens is 284 g/mol. The Labute approximate surface area is 130 Å². The zero-order chi connectivity index (χ0) is 15.9. The number of rotatable bonds is 7. The van der Waals surface area contributed by atoms with Crippen molar-refractivity contribution in [3.8, 4) is 5.75 Å². The van der Waals surface area contributed by atoms with Crippen molar-refractivity contribution < 1.29 is 19.1 Å². The van der Waals surface area contributed by atoms with Gasteiger partial charge < -0.3 is 19.7 Å². The number of nitrogens with one attached hydrogen (secondary N) is 1. The molecule has 1 aromatic carbocycles. The fraction of sp³-hybridized carbons (Fsp3) is 0.500. The predicted octanol–water partition coefficient (Wildman–Crippen LogP) is 1.20. The Morgan fingerprint density at radius 1 is 1.36 bits per heavy atom. The van der Waals surface area contributed by atoms with E-state index in [0.717, 1.165) is 11.4 Å². The maximum Gasteiger partial charge on any atom is 0.227 e. The summed E-state index contributed by atoms with van der Waals surface area (Å²) < 4.78 is 10.3. The molecule has 2 amide bonds. The van der Waals surface area contributed by atoms with Crippen LogP contribution >= 0.6 is 0 Å². The van der Waals surface area contributed by atoms with Crippen LogP contribution in [0.4, 0.5) is 5.69 Å². The Bertz CT molecular complexity index is 515. The van der Waals surface area contributed by atoms with Crippen LogP contribution in [0.5, 0.6) is 5.75 Å². The van der Waals surface area contributed by atoms with E-state index in [-0.39, 0.29) is 24.2 Å². The Balaban J connectivity index is 1.95. The van der Waals surface area contributed by atoms with Gasteiger partial charge in [0.15, 0.2) is 0 Å². The van der Waals surface area contributed by atoms with E-state index in [2.05, 4.69) is 5.32 Å². The van der Waals surface area contributed by atoms with Crippen LogP contribution in [0.25, 0.3) is 0 Å². The van der Waals surface area contributed by atoms with Crippen LogP contribution in [0.3, 0.4) is 0 Å². The number of carbonyl (C=O) groups excluding carboxylic acids is 2. The van der Waals surface area contributed by atoms with Crippen molar-refractivity contribution in [2.45, 2.75) is 13.3 Å². The summed E-state index contributed by atoms with van der Waals surface area (Å²) in [6.07, 6.45) is 0.242. The van der Waals surface area contributed by atoms with E-state index in [1.54, 1.807) is 12.0 Å². The molecule has 0 bridgehead atoms. The molecule has 1 fully saturated rings. The molecule has 0 spiro atoms. The summed E-state index contributed by atoms with van der Waals surface area (Å²) in [6, 6.07) is 7.35. The number of nitrogens with zero attached hydrogens (tertiary/aromatic N) is 1. The number of methoxy groups -OCH3 is 1. The summed E-state index contributed by atoms with van der Waals surface area (Å²) in [5, 5.41) is 2.78. The first-order valence-corrected chi connectivity index (χ1v) is 7.45. The SMILES string of the molecule is CCOc1ccc(N2C[C@@H](C(=O)NCCOC)CC2=O)cc1. The van der Waals surface area contributed by atoms with Gasteiger partial charge in [0.25, 0.3) is 0 Å². The predicted molar refractivity (Wildman–Crippen MR) is 83.0 cm³/mol. The number of hydrogen-bond acceptors (Lipinski definition) is 4. The highest BCUT2D eigenvalue weighted by atomic mass is 16.5. The molecule has 1 aromatic rings. The van der Waals surface area contributed by atoms with Crippen molar-refractivity contribution in [1.82, 2.24) is 5.32 Å². The van der Waals surface area contributed by atoms with Crippen LogP contribution in [0.15, 0.2) is 24.3 Å². The van der Waals surface area contributed by atoms with Gasteiger partial charge in [-0.3, -0.25) is 9.59 Å². The van der Waals surface area contributed by atoms with Crippen LogP contribution < -0.4 is 15.0 Å². The molecular formula is C16H22N2O4. The summed E-state index contributed by atoms with van der Waals surface area (Å²) in [5.41, 5.74) is 0.792. The summed E-state index contributed by atoms with van der Waals surface area (Å²) >= 11 is 0. The molecule has 0 aliphatic carbocycles. The van der Waals surface area contributed by atoms with Crippen LogP contribution in [0, 0.1) is 5.92 Å². The first kappa shape index (κ1) is 16.3. The van der Waals surface area contributed by atoms with Crippen molar-refractivity contribution in [3.05, 3.63) is 24.3 Å². The lowest BCUT2D eigenvalue weighted by molar-refractivity contribution is -0.126. The maximum absolute atomic E-state index is 12.1. The van der Waals surface area contributed by atoms with Crippen molar-refractivity contribution >= 4 is 17.5 Å². The molecule has 0 unspecified atom stereocenters. The highest BCUT2D eigenvalue weighted by Crippen LogP contribution is 2.26. The monoisotopic (exact) mass is 306 g/mol. The average Bonchev–Trinajstić information content (AvgIpc) is 2.91. The minimum atomic E-state index is -0.309. The van der Waals surface area contributed by atoms with Gasteiger partial charge in [0.05, 0.1) is 19.1 Å². The molecule has 1 aliphatic heterocycles. The van der Waals surface area contributed by atoms with Gasteiger partial charge in [-0.2, -0.15) is 0 Å². The van der Waals surface area contributed by atoms with Gasteiger partial charge in [0, 0.05) is 32.3 Å². The van der Waals surface area contributed by atoms with Gasteiger partial charge in [-0.25, -0.2) is 0 Å². The molecule has 1 aliphatic rings. The number of carbonyl (C=O) groups is 2. The van der Waals surface area contributed by atoms with Crippen LogP contribution in [0.2, 0.25) is 0 Å². The third-order valence-corrected chi connectivity index (χ3v) is 3.56. The molecule has 120 valence electrons.